The molecule has 2 aromatic carbocycles. The predicted molar refractivity (Wildman–Crippen MR) is 99.0 cm³/mol. The summed E-state index contributed by atoms with van der Waals surface area (Å²) < 4.78 is 10.7. The molecule has 5 nitrogen and oxygen atoms in total. The van der Waals surface area contributed by atoms with Crippen molar-refractivity contribution in [2.45, 2.75) is 25.8 Å². The third kappa shape index (κ3) is 4.37. The minimum absolute atomic E-state index is 0.0226. The second kappa shape index (κ2) is 7.66. The fourth-order valence-corrected chi connectivity index (χ4v) is 3.10. The molecule has 1 aliphatic heterocycles. The van der Waals surface area contributed by atoms with Crippen molar-refractivity contribution < 1.29 is 14.3 Å². The summed E-state index contributed by atoms with van der Waals surface area (Å²) in [7, 11) is 1.55. The number of hydrogen-bond acceptors (Lipinski definition) is 3. The van der Waals surface area contributed by atoms with Crippen molar-refractivity contribution in [3.63, 3.8) is 0 Å². The van der Waals surface area contributed by atoms with Crippen molar-refractivity contribution in [3.05, 3.63) is 52.5 Å². The van der Waals surface area contributed by atoms with Gasteiger partial charge in [-0.1, -0.05) is 23.7 Å². The van der Waals surface area contributed by atoms with E-state index in [2.05, 4.69) is 16.7 Å². The van der Waals surface area contributed by atoms with Crippen LogP contribution in [0.3, 0.4) is 0 Å². The Kier molecular flexibility index (Phi) is 5.34. The van der Waals surface area contributed by atoms with E-state index < -0.39 is 0 Å². The minimum Gasteiger partial charge on any atom is -0.495 e. The summed E-state index contributed by atoms with van der Waals surface area (Å²) in [4.78, 5) is 12.2. The number of carbonyl (C=O) groups is 1. The lowest BCUT2D eigenvalue weighted by Gasteiger charge is -2.16. The van der Waals surface area contributed by atoms with Gasteiger partial charge in [-0.2, -0.15) is 0 Å². The van der Waals surface area contributed by atoms with E-state index in [9.17, 15) is 4.79 Å². The number of fused-ring (bicyclic) bond motifs is 1. The van der Waals surface area contributed by atoms with Gasteiger partial charge in [0.15, 0.2) is 0 Å². The summed E-state index contributed by atoms with van der Waals surface area (Å²) in [5.41, 5.74) is 2.95. The molecule has 132 valence electrons. The van der Waals surface area contributed by atoms with Crippen molar-refractivity contribution in [1.29, 1.82) is 0 Å². The van der Waals surface area contributed by atoms with Gasteiger partial charge in [0.2, 0.25) is 0 Å². The highest BCUT2D eigenvalue weighted by Crippen LogP contribution is 2.28. The zero-order chi connectivity index (χ0) is 17.8. The van der Waals surface area contributed by atoms with E-state index in [-0.39, 0.29) is 12.1 Å². The van der Waals surface area contributed by atoms with Crippen LogP contribution in [0.15, 0.2) is 36.4 Å². The second-order valence-corrected chi connectivity index (χ2v) is 6.53. The molecule has 0 saturated carbocycles. The molecule has 1 atom stereocenters. The van der Waals surface area contributed by atoms with Crippen LogP contribution in [0.1, 0.15) is 18.1 Å². The maximum atomic E-state index is 12.2. The molecule has 2 amide bonds. The molecular weight excluding hydrogens is 340 g/mol. The fourth-order valence-electron chi connectivity index (χ4n) is 2.93. The largest absolute Gasteiger partial charge is 0.495 e. The number of urea groups is 1. The molecule has 6 heteroatoms. The van der Waals surface area contributed by atoms with E-state index in [0.29, 0.717) is 16.5 Å². The van der Waals surface area contributed by atoms with E-state index in [4.69, 9.17) is 21.1 Å². The van der Waals surface area contributed by atoms with Crippen molar-refractivity contribution >= 4 is 23.3 Å². The Morgan fingerprint density at radius 2 is 2.16 bits per heavy atom. The zero-order valence-corrected chi connectivity index (χ0v) is 15.0. The van der Waals surface area contributed by atoms with E-state index in [1.54, 1.807) is 25.3 Å². The zero-order valence-electron chi connectivity index (χ0n) is 14.3. The first-order valence-corrected chi connectivity index (χ1v) is 8.58. The van der Waals surface area contributed by atoms with Gasteiger partial charge in [-0.3, -0.25) is 0 Å². The summed E-state index contributed by atoms with van der Waals surface area (Å²) >= 11 is 5.98. The molecule has 25 heavy (non-hydrogen) atoms. The lowest BCUT2D eigenvalue weighted by molar-refractivity contribution is 0.249. The molecular formula is C19H21ClN2O3. The molecule has 0 aromatic heterocycles. The minimum atomic E-state index is -0.294. The van der Waals surface area contributed by atoms with Crippen molar-refractivity contribution in [3.8, 4) is 11.5 Å². The molecule has 0 saturated heterocycles. The lowest BCUT2D eigenvalue weighted by Crippen LogP contribution is -2.37. The van der Waals surface area contributed by atoms with E-state index in [1.807, 2.05) is 19.1 Å². The van der Waals surface area contributed by atoms with Gasteiger partial charge in [0.25, 0.3) is 0 Å². The van der Waals surface area contributed by atoms with Crippen molar-refractivity contribution in [2.24, 2.45) is 0 Å². The molecule has 1 heterocycles. The molecule has 0 spiro atoms. The summed E-state index contributed by atoms with van der Waals surface area (Å²) in [5, 5.41) is 6.25. The van der Waals surface area contributed by atoms with Crippen LogP contribution >= 0.6 is 11.6 Å². The van der Waals surface area contributed by atoms with Gasteiger partial charge < -0.3 is 20.1 Å². The quantitative estimate of drug-likeness (QED) is 0.846. The molecule has 1 aliphatic rings. The standard InChI is InChI=1S/C19H21ClN2O3/c1-12(9-13-3-5-17-14(10-13)7-8-25-17)21-19(23)22-16-11-15(20)4-6-18(16)24-2/h3-6,10-12H,7-9H2,1-2H3,(H2,21,22,23)/t12-/m0/s1. The monoisotopic (exact) mass is 360 g/mol. The van der Waals surface area contributed by atoms with Gasteiger partial charge in [-0.05, 0) is 48.7 Å². The summed E-state index contributed by atoms with van der Waals surface area (Å²) in [6.07, 6.45) is 1.69. The number of carbonyl (C=O) groups excluding carboxylic acids is 1. The highest BCUT2D eigenvalue weighted by molar-refractivity contribution is 6.31. The Balaban J connectivity index is 1.58. The van der Waals surface area contributed by atoms with Crippen LogP contribution in [0.2, 0.25) is 5.02 Å². The van der Waals surface area contributed by atoms with E-state index in [0.717, 1.165) is 25.2 Å². The van der Waals surface area contributed by atoms with Crippen LogP contribution in [0.4, 0.5) is 10.5 Å². The number of rotatable bonds is 5. The van der Waals surface area contributed by atoms with E-state index >= 15 is 0 Å². The van der Waals surface area contributed by atoms with Crippen LogP contribution in [0, 0.1) is 0 Å². The topological polar surface area (TPSA) is 59.6 Å². The van der Waals surface area contributed by atoms with Crippen LogP contribution in [-0.2, 0) is 12.8 Å². The summed E-state index contributed by atoms with van der Waals surface area (Å²) in [5.74, 6) is 1.53. The van der Waals surface area contributed by atoms with E-state index in [1.165, 1.54) is 11.1 Å². The SMILES string of the molecule is COc1ccc(Cl)cc1NC(=O)N[C@@H](C)Cc1ccc2c(c1)CCO2. The Bertz CT molecular complexity index is 779. The predicted octanol–water partition coefficient (Wildman–Crippen LogP) is 4.04. The Morgan fingerprint density at radius 1 is 1.32 bits per heavy atom. The molecule has 0 unspecified atom stereocenters. The van der Waals surface area contributed by atoms with Gasteiger partial charge in [-0.15, -0.1) is 0 Å². The first kappa shape index (κ1) is 17.4. The number of amides is 2. The van der Waals surface area contributed by atoms with Gasteiger partial charge in [0.05, 0.1) is 19.4 Å². The Hall–Kier alpha value is -2.40. The maximum absolute atomic E-state index is 12.2. The molecule has 0 fully saturated rings. The van der Waals surface area contributed by atoms with Crippen LogP contribution in [0.25, 0.3) is 0 Å². The first-order chi connectivity index (χ1) is 12.0. The molecule has 3 rings (SSSR count). The molecule has 0 aliphatic carbocycles. The molecule has 0 bridgehead atoms. The third-order valence-electron chi connectivity index (χ3n) is 4.08. The number of ether oxygens (including phenoxy) is 2. The van der Waals surface area contributed by atoms with Gasteiger partial charge in [0.1, 0.15) is 11.5 Å². The van der Waals surface area contributed by atoms with Gasteiger partial charge >= 0.3 is 6.03 Å². The second-order valence-electron chi connectivity index (χ2n) is 6.09. The highest BCUT2D eigenvalue weighted by Gasteiger charge is 2.15. The average Bonchev–Trinajstić information content (AvgIpc) is 3.02. The normalized spacial score (nSPS) is 13.6. The number of anilines is 1. The number of methoxy groups -OCH3 is 1. The smallest absolute Gasteiger partial charge is 0.319 e. The van der Waals surface area contributed by atoms with Gasteiger partial charge in [0, 0.05) is 17.5 Å². The summed E-state index contributed by atoms with van der Waals surface area (Å²) in [6.45, 7) is 2.72. The number of halogens is 1. The Morgan fingerprint density at radius 3 is 2.96 bits per heavy atom. The maximum Gasteiger partial charge on any atom is 0.319 e. The Labute approximate surface area is 152 Å². The number of hydrogen-bond donors (Lipinski definition) is 2. The third-order valence-corrected chi connectivity index (χ3v) is 4.32. The fraction of sp³-hybridized carbons (Fsp3) is 0.316. The van der Waals surface area contributed by atoms with Gasteiger partial charge in [-0.25, -0.2) is 4.79 Å². The number of nitrogens with one attached hydrogen (secondary N) is 2. The highest BCUT2D eigenvalue weighted by atomic mass is 35.5. The van der Waals surface area contributed by atoms with Crippen LogP contribution < -0.4 is 20.1 Å². The molecule has 2 aromatic rings. The number of benzene rings is 2. The molecule has 2 N–H and O–H groups in total. The van der Waals surface area contributed by atoms with Crippen molar-refractivity contribution in [2.75, 3.05) is 19.0 Å². The lowest BCUT2D eigenvalue weighted by atomic mass is 10.0. The van der Waals surface area contributed by atoms with Crippen LogP contribution in [0.5, 0.6) is 11.5 Å². The average molecular weight is 361 g/mol. The first-order valence-electron chi connectivity index (χ1n) is 8.21. The van der Waals surface area contributed by atoms with Crippen LogP contribution in [-0.4, -0.2) is 25.8 Å². The summed E-state index contributed by atoms with van der Waals surface area (Å²) in [6, 6.07) is 11.0. The van der Waals surface area contributed by atoms with Crippen molar-refractivity contribution in [1.82, 2.24) is 5.32 Å². The molecule has 0 radical (unpaired) electrons.